The van der Waals surface area contributed by atoms with Gasteiger partial charge in [0.15, 0.2) is 0 Å². The highest BCUT2D eigenvalue weighted by molar-refractivity contribution is 7.21. The molecule has 1 nitrogen and oxygen atoms in total. The zero-order valence-electron chi connectivity index (χ0n) is 10.6. The number of fused-ring (bicyclic) bond motifs is 1. The molecule has 0 aliphatic carbocycles. The first-order chi connectivity index (χ1) is 8.78. The lowest BCUT2D eigenvalue weighted by atomic mass is 10.0. The predicted molar refractivity (Wildman–Crippen MR) is 79.2 cm³/mol. The quantitative estimate of drug-likeness (QED) is 0.637. The molecule has 0 saturated heterocycles. The average Bonchev–Trinajstić information content (AvgIpc) is 2.82. The normalized spacial score (nSPS) is 11.0. The topological polar surface area (TPSA) is 12.9 Å². The van der Waals surface area contributed by atoms with Crippen LogP contribution in [0.5, 0.6) is 0 Å². The van der Waals surface area contributed by atoms with Gasteiger partial charge in [-0.25, -0.2) is 4.98 Å². The van der Waals surface area contributed by atoms with Crippen LogP contribution in [0.1, 0.15) is 18.1 Å². The number of aryl methyl sites for hydroxylation is 2. The Morgan fingerprint density at radius 3 is 2.72 bits per heavy atom. The molecular weight excluding hydrogens is 238 g/mol. The van der Waals surface area contributed by atoms with Gasteiger partial charge in [-0.05, 0) is 42.7 Å². The SMILES string of the molecule is CCc1ccc(C)c(-c2nc3ccccc3s2)c1. The van der Waals surface area contributed by atoms with Gasteiger partial charge in [-0.15, -0.1) is 11.3 Å². The highest BCUT2D eigenvalue weighted by Gasteiger charge is 2.08. The van der Waals surface area contributed by atoms with Gasteiger partial charge >= 0.3 is 0 Å². The van der Waals surface area contributed by atoms with Crippen LogP contribution < -0.4 is 0 Å². The second-order valence-electron chi connectivity index (χ2n) is 4.49. The molecule has 3 rings (SSSR count). The van der Waals surface area contributed by atoms with E-state index < -0.39 is 0 Å². The lowest BCUT2D eigenvalue weighted by Crippen LogP contribution is -1.86. The summed E-state index contributed by atoms with van der Waals surface area (Å²) >= 11 is 1.77. The minimum atomic E-state index is 1.07. The van der Waals surface area contributed by atoms with Crippen LogP contribution in [0.15, 0.2) is 42.5 Å². The molecule has 18 heavy (non-hydrogen) atoms. The van der Waals surface area contributed by atoms with Crippen LogP contribution in [-0.2, 0) is 6.42 Å². The molecule has 0 radical (unpaired) electrons. The summed E-state index contributed by atoms with van der Waals surface area (Å²) in [5.41, 5.74) is 5.04. The van der Waals surface area contributed by atoms with Crippen molar-refractivity contribution in [3.63, 3.8) is 0 Å². The van der Waals surface area contributed by atoms with Crippen LogP contribution >= 0.6 is 11.3 Å². The Hall–Kier alpha value is -1.67. The maximum atomic E-state index is 4.74. The summed E-state index contributed by atoms with van der Waals surface area (Å²) in [4.78, 5) is 4.74. The molecule has 0 spiro atoms. The number of nitrogens with zero attached hydrogens (tertiary/aromatic N) is 1. The monoisotopic (exact) mass is 253 g/mol. The number of hydrogen-bond acceptors (Lipinski definition) is 2. The largest absolute Gasteiger partial charge is 0.236 e. The summed E-state index contributed by atoms with van der Waals surface area (Å²) in [6.45, 7) is 4.34. The van der Waals surface area contributed by atoms with Crippen molar-refractivity contribution in [3.05, 3.63) is 53.6 Å². The average molecular weight is 253 g/mol. The van der Waals surface area contributed by atoms with E-state index in [1.807, 2.05) is 6.07 Å². The number of hydrogen-bond donors (Lipinski definition) is 0. The molecule has 0 N–H and O–H groups in total. The van der Waals surface area contributed by atoms with E-state index >= 15 is 0 Å². The molecule has 0 bridgehead atoms. The Kier molecular flexibility index (Phi) is 2.88. The van der Waals surface area contributed by atoms with E-state index in [1.165, 1.54) is 21.4 Å². The molecule has 0 saturated carbocycles. The van der Waals surface area contributed by atoms with Gasteiger partial charge in [0.25, 0.3) is 0 Å². The van der Waals surface area contributed by atoms with Gasteiger partial charge < -0.3 is 0 Å². The van der Waals surface area contributed by atoms with Gasteiger partial charge in [0.05, 0.1) is 10.2 Å². The summed E-state index contributed by atoms with van der Waals surface area (Å²) in [5, 5.41) is 1.13. The third-order valence-corrected chi connectivity index (χ3v) is 4.30. The maximum absolute atomic E-state index is 4.74. The fourth-order valence-corrected chi connectivity index (χ4v) is 3.15. The first kappa shape index (κ1) is 11.4. The van der Waals surface area contributed by atoms with Gasteiger partial charge in [0, 0.05) is 5.56 Å². The molecule has 0 aliphatic rings. The molecule has 0 atom stereocenters. The minimum Gasteiger partial charge on any atom is -0.236 e. The van der Waals surface area contributed by atoms with Crippen molar-refractivity contribution in [1.29, 1.82) is 0 Å². The van der Waals surface area contributed by atoms with Gasteiger partial charge in [0.2, 0.25) is 0 Å². The Bertz CT molecular complexity index is 664. The summed E-state index contributed by atoms with van der Waals surface area (Å²) in [6.07, 6.45) is 1.07. The van der Waals surface area contributed by atoms with Crippen molar-refractivity contribution >= 4 is 21.6 Å². The van der Waals surface area contributed by atoms with Crippen LogP contribution in [0.25, 0.3) is 20.8 Å². The second-order valence-corrected chi connectivity index (χ2v) is 5.52. The Balaban J connectivity index is 2.19. The standard InChI is InChI=1S/C16H15NS/c1-3-12-9-8-11(2)13(10-12)16-17-14-6-4-5-7-15(14)18-16/h4-10H,3H2,1-2H3. The van der Waals surface area contributed by atoms with E-state index in [2.05, 4.69) is 50.2 Å². The summed E-state index contributed by atoms with van der Waals surface area (Å²) in [5.74, 6) is 0. The number of rotatable bonds is 2. The van der Waals surface area contributed by atoms with E-state index in [0.29, 0.717) is 0 Å². The van der Waals surface area contributed by atoms with Crippen LogP contribution in [0, 0.1) is 6.92 Å². The van der Waals surface area contributed by atoms with Crippen molar-refractivity contribution in [2.24, 2.45) is 0 Å². The Morgan fingerprint density at radius 2 is 1.94 bits per heavy atom. The van der Waals surface area contributed by atoms with Crippen LogP contribution in [0.3, 0.4) is 0 Å². The van der Waals surface area contributed by atoms with Crippen molar-refractivity contribution in [3.8, 4) is 10.6 Å². The fourth-order valence-electron chi connectivity index (χ4n) is 2.11. The van der Waals surface area contributed by atoms with Crippen molar-refractivity contribution in [1.82, 2.24) is 4.98 Å². The van der Waals surface area contributed by atoms with Gasteiger partial charge in [-0.3, -0.25) is 0 Å². The molecule has 0 fully saturated rings. The maximum Gasteiger partial charge on any atom is 0.124 e. The van der Waals surface area contributed by atoms with Crippen LogP contribution in [0.2, 0.25) is 0 Å². The summed E-state index contributed by atoms with van der Waals surface area (Å²) in [6, 6.07) is 15.0. The molecule has 0 unspecified atom stereocenters. The molecule has 1 aromatic heterocycles. The predicted octanol–water partition coefficient (Wildman–Crippen LogP) is 4.83. The molecule has 90 valence electrons. The summed E-state index contributed by atoms with van der Waals surface area (Å²) in [7, 11) is 0. The third-order valence-electron chi connectivity index (χ3n) is 3.23. The minimum absolute atomic E-state index is 1.07. The Morgan fingerprint density at radius 1 is 1.11 bits per heavy atom. The highest BCUT2D eigenvalue weighted by Crippen LogP contribution is 2.32. The van der Waals surface area contributed by atoms with Crippen molar-refractivity contribution in [2.75, 3.05) is 0 Å². The smallest absolute Gasteiger partial charge is 0.124 e. The lowest BCUT2D eigenvalue weighted by molar-refractivity contribution is 1.14. The molecule has 0 amide bonds. The zero-order valence-corrected chi connectivity index (χ0v) is 11.4. The third kappa shape index (κ3) is 1.93. The van der Waals surface area contributed by atoms with E-state index in [1.54, 1.807) is 11.3 Å². The first-order valence-corrected chi connectivity index (χ1v) is 7.05. The molecular formula is C16H15NS. The molecule has 3 aromatic rings. The summed E-state index contributed by atoms with van der Waals surface area (Å²) < 4.78 is 1.26. The van der Waals surface area contributed by atoms with E-state index in [0.717, 1.165) is 16.9 Å². The van der Waals surface area contributed by atoms with Crippen molar-refractivity contribution < 1.29 is 0 Å². The van der Waals surface area contributed by atoms with E-state index in [4.69, 9.17) is 4.98 Å². The highest BCUT2D eigenvalue weighted by atomic mass is 32.1. The fraction of sp³-hybridized carbons (Fsp3) is 0.188. The van der Waals surface area contributed by atoms with Crippen LogP contribution in [0.4, 0.5) is 0 Å². The molecule has 2 heteroatoms. The van der Waals surface area contributed by atoms with Gasteiger partial charge in [0.1, 0.15) is 5.01 Å². The van der Waals surface area contributed by atoms with E-state index in [9.17, 15) is 0 Å². The van der Waals surface area contributed by atoms with Crippen LogP contribution in [-0.4, -0.2) is 4.98 Å². The molecule has 0 aliphatic heterocycles. The van der Waals surface area contributed by atoms with Gasteiger partial charge in [-0.1, -0.05) is 31.2 Å². The first-order valence-electron chi connectivity index (χ1n) is 6.23. The number of aromatic nitrogens is 1. The number of para-hydroxylation sites is 1. The van der Waals surface area contributed by atoms with E-state index in [-0.39, 0.29) is 0 Å². The molecule has 1 heterocycles. The zero-order chi connectivity index (χ0) is 12.5. The number of benzene rings is 2. The molecule has 2 aromatic carbocycles. The second kappa shape index (κ2) is 4.54. The van der Waals surface area contributed by atoms with Gasteiger partial charge in [-0.2, -0.15) is 0 Å². The number of thiazole rings is 1. The van der Waals surface area contributed by atoms with Crippen molar-refractivity contribution in [2.45, 2.75) is 20.3 Å². The Labute approximate surface area is 111 Å². The lowest BCUT2D eigenvalue weighted by Gasteiger charge is -2.04.